The summed E-state index contributed by atoms with van der Waals surface area (Å²) in [7, 11) is -3.14. The van der Waals surface area contributed by atoms with Crippen LogP contribution in [-0.2, 0) is 10.0 Å². The van der Waals surface area contributed by atoms with Crippen LogP contribution in [0.15, 0.2) is 55.1 Å². The highest BCUT2D eigenvalue weighted by atomic mass is 32.2. The Balaban J connectivity index is 1.63. The van der Waals surface area contributed by atoms with Gasteiger partial charge in [-0.2, -0.15) is 0 Å². The molecule has 0 unspecified atom stereocenters. The molecule has 1 fully saturated rings. The second-order valence-electron chi connectivity index (χ2n) is 6.79. The third kappa shape index (κ3) is 3.94. The Morgan fingerprint density at radius 3 is 2.52 bits per heavy atom. The zero-order valence-corrected chi connectivity index (χ0v) is 15.9. The van der Waals surface area contributed by atoms with Gasteiger partial charge in [-0.15, -0.1) is 0 Å². The van der Waals surface area contributed by atoms with E-state index in [1.165, 1.54) is 10.6 Å². The highest BCUT2D eigenvalue weighted by Gasteiger charge is 2.26. The Labute approximate surface area is 158 Å². The molecule has 3 aromatic rings. The van der Waals surface area contributed by atoms with E-state index in [4.69, 9.17) is 4.74 Å². The van der Waals surface area contributed by atoms with Crippen LogP contribution in [0.4, 0.5) is 0 Å². The number of benzene rings is 1. The topological polar surface area (TPSA) is 72.4 Å². The third-order valence-electron chi connectivity index (χ3n) is 4.88. The molecule has 2 aromatic heterocycles. The maximum atomic E-state index is 11.7. The fraction of sp³-hybridized carbons (Fsp3) is 0.300. The van der Waals surface area contributed by atoms with E-state index in [0.717, 1.165) is 27.6 Å². The van der Waals surface area contributed by atoms with Crippen LogP contribution < -0.4 is 4.74 Å². The molecule has 0 bridgehead atoms. The van der Waals surface area contributed by atoms with Crippen molar-refractivity contribution in [1.29, 1.82) is 0 Å². The summed E-state index contributed by atoms with van der Waals surface area (Å²) in [6, 6.07) is 10.0. The van der Waals surface area contributed by atoms with Gasteiger partial charge in [-0.05, 0) is 48.1 Å². The Bertz CT molecular complexity index is 1050. The van der Waals surface area contributed by atoms with Gasteiger partial charge in [-0.3, -0.25) is 9.97 Å². The van der Waals surface area contributed by atoms with E-state index in [0.29, 0.717) is 25.9 Å². The van der Waals surface area contributed by atoms with Crippen molar-refractivity contribution in [3.8, 4) is 16.9 Å². The molecule has 0 saturated carbocycles. The SMILES string of the molecule is CS(=O)(=O)N1CCC(Oc2cc(-c3cccnc3)cc3ccncc23)CC1. The van der Waals surface area contributed by atoms with Crippen LogP contribution in [0.3, 0.4) is 0 Å². The average Bonchev–Trinajstić information content (AvgIpc) is 2.68. The van der Waals surface area contributed by atoms with Gasteiger partial charge in [0.25, 0.3) is 0 Å². The van der Waals surface area contributed by atoms with Crippen LogP contribution in [0, 0.1) is 0 Å². The molecule has 0 radical (unpaired) electrons. The molecule has 0 aliphatic carbocycles. The lowest BCUT2D eigenvalue weighted by atomic mass is 10.0. The number of ether oxygens (including phenoxy) is 1. The van der Waals surface area contributed by atoms with Gasteiger partial charge >= 0.3 is 0 Å². The molecule has 0 atom stereocenters. The molecule has 1 aliphatic heterocycles. The van der Waals surface area contributed by atoms with Crippen molar-refractivity contribution < 1.29 is 13.2 Å². The number of fused-ring (bicyclic) bond motifs is 1. The normalized spacial score (nSPS) is 16.5. The number of piperidine rings is 1. The molecule has 0 N–H and O–H groups in total. The number of rotatable bonds is 4. The Morgan fingerprint density at radius 1 is 1.04 bits per heavy atom. The highest BCUT2D eigenvalue weighted by molar-refractivity contribution is 7.88. The summed E-state index contributed by atoms with van der Waals surface area (Å²) in [5.74, 6) is 0.775. The number of aromatic nitrogens is 2. The first-order chi connectivity index (χ1) is 13.0. The maximum absolute atomic E-state index is 11.7. The van der Waals surface area contributed by atoms with Crippen molar-refractivity contribution in [3.05, 3.63) is 55.1 Å². The molecule has 1 saturated heterocycles. The maximum Gasteiger partial charge on any atom is 0.211 e. The lowest BCUT2D eigenvalue weighted by Gasteiger charge is -2.30. The summed E-state index contributed by atoms with van der Waals surface area (Å²) in [4.78, 5) is 8.44. The lowest BCUT2D eigenvalue weighted by Crippen LogP contribution is -2.41. The van der Waals surface area contributed by atoms with Crippen LogP contribution >= 0.6 is 0 Å². The third-order valence-corrected chi connectivity index (χ3v) is 6.18. The molecule has 3 heterocycles. The van der Waals surface area contributed by atoms with Crippen LogP contribution in [0.1, 0.15) is 12.8 Å². The van der Waals surface area contributed by atoms with Gasteiger partial charge in [-0.25, -0.2) is 12.7 Å². The van der Waals surface area contributed by atoms with E-state index in [9.17, 15) is 8.42 Å². The number of pyridine rings is 2. The molecule has 7 heteroatoms. The molecule has 6 nitrogen and oxygen atoms in total. The number of nitrogens with zero attached hydrogens (tertiary/aromatic N) is 3. The largest absolute Gasteiger partial charge is 0.490 e. The minimum Gasteiger partial charge on any atom is -0.490 e. The minimum atomic E-state index is -3.14. The zero-order chi connectivity index (χ0) is 18.9. The van der Waals surface area contributed by atoms with Crippen LogP contribution in [0.25, 0.3) is 21.9 Å². The second-order valence-corrected chi connectivity index (χ2v) is 8.77. The van der Waals surface area contributed by atoms with Crippen LogP contribution in [-0.4, -0.2) is 48.1 Å². The summed E-state index contributed by atoms with van der Waals surface area (Å²) < 4.78 is 31.2. The van der Waals surface area contributed by atoms with E-state index >= 15 is 0 Å². The first-order valence-corrected chi connectivity index (χ1v) is 10.8. The highest BCUT2D eigenvalue weighted by Crippen LogP contribution is 2.33. The molecule has 1 aromatic carbocycles. The predicted molar refractivity (Wildman–Crippen MR) is 105 cm³/mol. The minimum absolute atomic E-state index is 0.0180. The van der Waals surface area contributed by atoms with Gasteiger partial charge in [0, 0.05) is 48.8 Å². The summed E-state index contributed by atoms with van der Waals surface area (Å²) >= 11 is 0. The first kappa shape index (κ1) is 17.9. The standard InChI is InChI=1S/C20H21N3O3S/c1-27(24,25)23-9-5-18(6-10-23)26-20-12-17(16-3-2-7-21-13-16)11-15-4-8-22-14-19(15)20/h2-4,7-8,11-14,18H,5-6,9-10H2,1H3. The molecule has 4 rings (SSSR count). The number of sulfonamides is 1. The van der Waals surface area contributed by atoms with E-state index in [2.05, 4.69) is 16.0 Å². The Kier molecular flexibility index (Phi) is 4.80. The molecule has 27 heavy (non-hydrogen) atoms. The van der Waals surface area contributed by atoms with Crippen LogP contribution in [0.5, 0.6) is 5.75 Å². The molecular formula is C20H21N3O3S. The summed E-state index contributed by atoms with van der Waals surface area (Å²) in [6.45, 7) is 0.976. The van der Waals surface area contributed by atoms with Crippen molar-refractivity contribution in [2.24, 2.45) is 0 Å². The fourth-order valence-corrected chi connectivity index (χ4v) is 4.30. The van der Waals surface area contributed by atoms with Crippen molar-refractivity contribution >= 4 is 20.8 Å². The Morgan fingerprint density at radius 2 is 1.81 bits per heavy atom. The zero-order valence-electron chi connectivity index (χ0n) is 15.1. The van der Waals surface area contributed by atoms with Gasteiger partial charge in [0.15, 0.2) is 0 Å². The summed E-state index contributed by atoms with van der Waals surface area (Å²) in [6.07, 6.45) is 9.74. The van der Waals surface area contributed by atoms with Crippen molar-refractivity contribution in [2.45, 2.75) is 18.9 Å². The monoisotopic (exact) mass is 383 g/mol. The summed E-state index contributed by atoms with van der Waals surface area (Å²) in [5.41, 5.74) is 2.05. The van der Waals surface area contributed by atoms with Crippen molar-refractivity contribution in [3.63, 3.8) is 0 Å². The van der Waals surface area contributed by atoms with Crippen molar-refractivity contribution in [2.75, 3.05) is 19.3 Å². The quantitative estimate of drug-likeness (QED) is 0.692. The fourth-order valence-electron chi connectivity index (χ4n) is 3.42. The number of hydrogen-bond donors (Lipinski definition) is 0. The van der Waals surface area contributed by atoms with Crippen LogP contribution in [0.2, 0.25) is 0 Å². The molecule has 0 spiro atoms. The predicted octanol–water partition coefficient (Wildman–Crippen LogP) is 3.10. The van der Waals surface area contributed by atoms with E-state index in [1.54, 1.807) is 12.4 Å². The smallest absolute Gasteiger partial charge is 0.211 e. The van der Waals surface area contributed by atoms with Gasteiger partial charge in [-0.1, -0.05) is 6.07 Å². The van der Waals surface area contributed by atoms with Gasteiger partial charge < -0.3 is 4.74 Å². The number of hydrogen-bond acceptors (Lipinski definition) is 5. The molecular weight excluding hydrogens is 362 g/mol. The average molecular weight is 383 g/mol. The van der Waals surface area contributed by atoms with E-state index in [-0.39, 0.29) is 6.10 Å². The molecule has 140 valence electrons. The van der Waals surface area contributed by atoms with Gasteiger partial charge in [0.05, 0.1) is 6.26 Å². The molecule has 1 aliphatic rings. The Hall–Kier alpha value is -2.51. The molecule has 0 amide bonds. The van der Waals surface area contributed by atoms with Gasteiger partial charge in [0.2, 0.25) is 10.0 Å². The van der Waals surface area contributed by atoms with Gasteiger partial charge in [0.1, 0.15) is 11.9 Å². The lowest BCUT2D eigenvalue weighted by molar-refractivity contribution is 0.137. The van der Waals surface area contributed by atoms with Crippen molar-refractivity contribution in [1.82, 2.24) is 14.3 Å². The van der Waals surface area contributed by atoms with E-state index in [1.807, 2.05) is 36.7 Å². The second kappa shape index (κ2) is 7.25. The first-order valence-electron chi connectivity index (χ1n) is 8.91. The summed E-state index contributed by atoms with van der Waals surface area (Å²) in [5, 5.41) is 2.01. The van der Waals surface area contributed by atoms with E-state index < -0.39 is 10.0 Å².